The topological polar surface area (TPSA) is 20.3 Å². The summed E-state index contributed by atoms with van der Waals surface area (Å²) in [7, 11) is 0. The van der Waals surface area contributed by atoms with Crippen LogP contribution in [0.2, 0.25) is 10.0 Å². The molecule has 0 bridgehead atoms. The zero-order valence-corrected chi connectivity index (χ0v) is 14.7. The Morgan fingerprint density at radius 1 is 1.29 bits per heavy atom. The maximum atomic E-state index is 12.4. The quantitative estimate of drug-likeness (QED) is 0.399. The van der Waals surface area contributed by atoms with Crippen molar-refractivity contribution in [2.45, 2.75) is 26.2 Å². The zero-order valence-electron chi connectivity index (χ0n) is 11.6. The largest absolute Gasteiger partial charge is 0.293 e. The van der Waals surface area contributed by atoms with Gasteiger partial charge in [0.05, 0.1) is 4.91 Å². The van der Waals surface area contributed by atoms with Gasteiger partial charge < -0.3 is 0 Å². The van der Waals surface area contributed by atoms with E-state index in [1.165, 1.54) is 11.8 Å². The molecule has 0 atom stereocenters. The van der Waals surface area contributed by atoms with E-state index in [9.17, 15) is 4.79 Å². The Kier molecular flexibility index (Phi) is 6.11. The second kappa shape index (κ2) is 7.63. The summed E-state index contributed by atoms with van der Waals surface area (Å²) in [5.41, 5.74) is 0.662. The van der Waals surface area contributed by atoms with Crippen molar-refractivity contribution >= 4 is 63.5 Å². The number of amides is 1. The molecule has 1 amide bonds. The average molecular weight is 360 g/mol. The molecule has 0 aromatic heterocycles. The van der Waals surface area contributed by atoms with Gasteiger partial charge in [0.25, 0.3) is 5.91 Å². The molecular weight excluding hydrogens is 345 g/mol. The van der Waals surface area contributed by atoms with Crippen molar-refractivity contribution in [2.24, 2.45) is 0 Å². The molecule has 2 rings (SSSR count). The van der Waals surface area contributed by atoms with Gasteiger partial charge in [0, 0.05) is 22.2 Å². The molecule has 1 aromatic carbocycles. The summed E-state index contributed by atoms with van der Waals surface area (Å²) in [6, 6.07) is 5.28. The number of carbonyl (C=O) groups is 1. The molecule has 1 heterocycles. The maximum Gasteiger partial charge on any atom is 0.266 e. The lowest BCUT2D eigenvalue weighted by Gasteiger charge is -2.13. The summed E-state index contributed by atoms with van der Waals surface area (Å²) in [6.45, 7) is 2.80. The number of benzene rings is 1. The van der Waals surface area contributed by atoms with Crippen molar-refractivity contribution in [3.63, 3.8) is 0 Å². The van der Waals surface area contributed by atoms with Gasteiger partial charge in [0.15, 0.2) is 0 Å². The number of unbranched alkanes of at least 4 members (excludes halogenated alkanes) is 2. The van der Waals surface area contributed by atoms with Crippen molar-refractivity contribution in [2.75, 3.05) is 6.54 Å². The highest BCUT2D eigenvalue weighted by molar-refractivity contribution is 8.26. The minimum Gasteiger partial charge on any atom is -0.293 e. The summed E-state index contributed by atoms with van der Waals surface area (Å²) in [4.78, 5) is 14.6. The van der Waals surface area contributed by atoms with E-state index in [0.29, 0.717) is 31.4 Å². The van der Waals surface area contributed by atoms with E-state index >= 15 is 0 Å². The summed E-state index contributed by atoms with van der Waals surface area (Å²) in [6.07, 6.45) is 4.89. The molecule has 0 N–H and O–H groups in total. The van der Waals surface area contributed by atoms with Gasteiger partial charge in [-0.1, -0.05) is 73.0 Å². The van der Waals surface area contributed by atoms with Crippen LogP contribution in [0.25, 0.3) is 6.08 Å². The van der Waals surface area contributed by atoms with Crippen molar-refractivity contribution < 1.29 is 4.79 Å². The third-order valence-electron chi connectivity index (χ3n) is 3.13. The van der Waals surface area contributed by atoms with Crippen molar-refractivity contribution in [1.82, 2.24) is 4.90 Å². The van der Waals surface area contributed by atoms with Gasteiger partial charge in [-0.3, -0.25) is 9.69 Å². The molecule has 0 unspecified atom stereocenters. The Hall–Kier alpha value is -0.550. The first-order valence-electron chi connectivity index (χ1n) is 6.74. The molecule has 6 heteroatoms. The molecule has 112 valence electrons. The fourth-order valence-corrected chi connectivity index (χ4v) is 3.79. The zero-order chi connectivity index (χ0) is 15.4. The Morgan fingerprint density at radius 2 is 1.95 bits per heavy atom. The number of thioether (sulfide) groups is 1. The third-order valence-corrected chi connectivity index (χ3v) is 5.17. The standard InChI is InChI=1S/C15H15Cl2NOS2/c1-2-3-4-8-18-14(19)13(21-15(18)20)9-10-11(16)6-5-7-12(10)17/h5-7,9H,2-4,8H2,1H3/b13-9+. The normalized spacial score (nSPS) is 17.1. The first kappa shape index (κ1) is 16.8. The highest BCUT2D eigenvalue weighted by Crippen LogP contribution is 2.35. The van der Waals surface area contributed by atoms with Crippen LogP contribution in [0.5, 0.6) is 0 Å². The van der Waals surface area contributed by atoms with Crippen LogP contribution in [0.4, 0.5) is 0 Å². The van der Waals surface area contributed by atoms with Crippen molar-refractivity contribution in [3.05, 3.63) is 38.7 Å². The number of hydrogen-bond acceptors (Lipinski definition) is 3. The predicted molar refractivity (Wildman–Crippen MR) is 95.9 cm³/mol. The van der Waals surface area contributed by atoms with Crippen LogP contribution in [0.15, 0.2) is 23.1 Å². The molecule has 0 saturated carbocycles. The third kappa shape index (κ3) is 4.01. The fraction of sp³-hybridized carbons (Fsp3) is 0.333. The average Bonchev–Trinajstić information content (AvgIpc) is 2.70. The van der Waals surface area contributed by atoms with Crippen LogP contribution in [-0.4, -0.2) is 21.7 Å². The maximum absolute atomic E-state index is 12.4. The van der Waals surface area contributed by atoms with Gasteiger partial charge >= 0.3 is 0 Å². The van der Waals surface area contributed by atoms with Gasteiger partial charge in [-0.25, -0.2) is 0 Å². The SMILES string of the molecule is CCCCCN1C(=O)/C(=C\c2c(Cl)cccc2Cl)SC1=S. The van der Waals surface area contributed by atoms with E-state index in [-0.39, 0.29) is 5.91 Å². The number of rotatable bonds is 5. The molecule has 1 aliphatic rings. The second-order valence-electron chi connectivity index (χ2n) is 4.68. The van der Waals surface area contributed by atoms with E-state index in [1.54, 1.807) is 29.2 Å². The number of nitrogens with zero attached hydrogens (tertiary/aromatic N) is 1. The highest BCUT2D eigenvalue weighted by atomic mass is 35.5. The van der Waals surface area contributed by atoms with Crippen LogP contribution >= 0.6 is 47.2 Å². The fourth-order valence-electron chi connectivity index (χ4n) is 1.99. The van der Waals surface area contributed by atoms with Crippen molar-refractivity contribution in [1.29, 1.82) is 0 Å². The van der Waals surface area contributed by atoms with Crippen molar-refractivity contribution in [3.8, 4) is 0 Å². The first-order valence-corrected chi connectivity index (χ1v) is 8.72. The summed E-state index contributed by atoms with van der Waals surface area (Å²) in [5, 5.41) is 1.05. The summed E-state index contributed by atoms with van der Waals surface area (Å²) in [5.74, 6) is -0.0583. The Morgan fingerprint density at radius 3 is 2.57 bits per heavy atom. The molecule has 1 aliphatic heterocycles. The van der Waals surface area contributed by atoms with E-state index in [4.69, 9.17) is 35.4 Å². The second-order valence-corrected chi connectivity index (χ2v) is 7.17. The van der Waals surface area contributed by atoms with Crippen LogP contribution < -0.4 is 0 Å². The summed E-state index contributed by atoms with van der Waals surface area (Å²) >= 11 is 18.9. The molecule has 21 heavy (non-hydrogen) atoms. The molecule has 1 aromatic rings. The first-order chi connectivity index (χ1) is 10.0. The Balaban J connectivity index is 2.20. The predicted octanol–water partition coefficient (Wildman–Crippen LogP) is 5.38. The molecule has 1 fully saturated rings. The molecule has 2 nitrogen and oxygen atoms in total. The lowest BCUT2D eigenvalue weighted by molar-refractivity contribution is -0.122. The van der Waals surface area contributed by atoms with Gasteiger partial charge in [-0.15, -0.1) is 0 Å². The molecular formula is C15H15Cl2NOS2. The number of halogens is 2. The van der Waals surface area contributed by atoms with Gasteiger partial charge in [0.1, 0.15) is 4.32 Å². The van der Waals surface area contributed by atoms with Gasteiger partial charge in [-0.2, -0.15) is 0 Å². The lowest BCUT2D eigenvalue weighted by Crippen LogP contribution is -2.28. The number of carbonyl (C=O) groups excluding carboxylic acids is 1. The number of hydrogen-bond donors (Lipinski definition) is 0. The molecule has 0 radical (unpaired) electrons. The van der Waals surface area contributed by atoms with E-state index in [1.807, 2.05) is 0 Å². The molecule has 0 aliphatic carbocycles. The smallest absolute Gasteiger partial charge is 0.266 e. The molecule has 1 saturated heterocycles. The van der Waals surface area contributed by atoms with Crippen LogP contribution in [0.1, 0.15) is 31.7 Å². The van der Waals surface area contributed by atoms with Crippen LogP contribution in [0, 0.1) is 0 Å². The minimum atomic E-state index is -0.0583. The van der Waals surface area contributed by atoms with Crippen LogP contribution in [-0.2, 0) is 4.79 Å². The van der Waals surface area contributed by atoms with Gasteiger partial charge in [-0.05, 0) is 24.6 Å². The number of thiocarbonyl (C=S) groups is 1. The van der Waals surface area contributed by atoms with Gasteiger partial charge in [0.2, 0.25) is 0 Å². The monoisotopic (exact) mass is 359 g/mol. The van der Waals surface area contributed by atoms with E-state index < -0.39 is 0 Å². The minimum absolute atomic E-state index is 0.0583. The Bertz CT molecular complexity index is 581. The highest BCUT2D eigenvalue weighted by Gasteiger charge is 2.31. The van der Waals surface area contributed by atoms with E-state index in [2.05, 4.69) is 6.92 Å². The molecule has 0 spiro atoms. The van der Waals surface area contributed by atoms with E-state index in [0.717, 1.165) is 19.3 Å². The van der Waals surface area contributed by atoms with Crippen LogP contribution in [0.3, 0.4) is 0 Å². The lowest BCUT2D eigenvalue weighted by atomic mass is 10.2. The Labute approximate surface area is 144 Å². The summed E-state index contributed by atoms with van der Waals surface area (Å²) < 4.78 is 0.602.